The van der Waals surface area contributed by atoms with E-state index >= 15 is 0 Å². The summed E-state index contributed by atoms with van der Waals surface area (Å²) >= 11 is 5.62. The summed E-state index contributed by atoms with van der Waals surface area (Å²) in [6, 6.07) is 0.577. The smallest absolute Gasteiger partial charge is 0.330 e. The van der Waals surface area contributed by atoms with Gasteiger partial charge in [-0.2, -0.15) is 0 Å². The van der Waals surface area contributed by atoms with Crippen LogP contribution < -0.4 is 5.32 Å². The van der Waals surface area contributed by atoms with Gasteiger partial charge in [0, 0.05) is 6.07 Å². The number of methoxy groups -OCH3 is 1. The molecule has 0 spiro atoms. The van der Waals surface area contributed by atoms with Gasteiger partial charge in [-0.05, 0) is 0 Å². The first-order chi connectivity index (χ1) is 7.17. The Kier molecular flexibility index (Phi) is 4.26. The molecule has 0 amide bonds. The highest BCUT2D eigenvalue weighted by Crippen LogP contribution is 2.09. The molecule has 2 N–H and O–H groups in total. The number of nitrogens with zero attached hydrogens (tertiary/aromatic N) is 2. The van der Waals surface area contributed by atoms with Gasteiger partial charge < -0.3 is 15.2 Å². The van der Waals surface area contributed by atoms with E-state index in [2.05, 4.69) is 20.0 Å². The lowest BCUT2D eigenvalue weighted by Gasteiger charge is -2.13. The molecule has 0 aliphatic rings. The molecule has 0 saturated carbocycles. The van der Waals surface area contributed by atoms with E-state index in [0.717, 1.165) is 0 Å². The minimum Gasteiger partial charge on any atom is -0.467 e. The van der Waals surface area contributed by atoms with Crippen LogP contribution in [0.4, 0.5) is 5.82 Å². The fraction of sp³-hybridized carbons (Fsp3) is 0.375. The third-order valence-corrected chi connectivity index (χ3v) is 1.83. The van der Waals surface area contributed by atoms with Crippen LogP contribution in [-0.2, 0) is 9.53 Å². The maximum absolute atomic E-state index is 11.1. The minimum atomic E-state index is -0.860. The topological polar surface area (TPSA) is 84.3 Å². The van der Waals surface area contributed by atoms with Gasteiger partial charge in [-0.25, -0.2) is 14.8 Å². The molecule has 0 aromatic carbocycles. The fourth-order valence-corrected chi connectivity index (χ4v) is 1.06. The van der Waals surface area contributed by atoms with Crippen LogP contribution >= 0.6 is 11.6 Å². The molecule has 0 saturated heterocycles. The molecule has 6 nitrogen and oxygen atoms in total. The summed E-state index contributed by atoms with van der Waals surface area (Å²) in [5.41, 5.74) is 0. The Labute approximate surface area is 91.3 Å². The standard InChI is InChI=1S/C8H10ClN3O3/c1-15-8(14)5(3-13)12-7-2-6(9)10-4-11-7/h2,4-5,13H,3H2,1H3,(H,10,11,12)/t5-/m0/s1. The number of halogens is 1. The molecule has 1 aromatic heterocycles. The van der Waals surface area contributed by atoms with E-state index in [9.17, 15) is 4.79 Å². The van der Waals surface area contributed by atoms with Crippen LogP contribution in [0.2, 0.25) is 5.15 Å². The first kappa shape index (κ1) is 11.7. The lowest BCUT2D eigenvalue weighted by molar-refractivity contribution is -0.142. The number of esters is 1. The van der Waals surface area contributed by atoms with Gasteiger partial charge in [0.05, 0.1) is 13.7 Å². The second-order valence-electron chi connectivity index (χ2n) is 2.63. The number of aliphatic hydroxyl groups is 1. The maximum atomic E-state index is 11.1. The number of hydrogen-bond acceptors (Lipinski definition) is 6. The van der Waals surface area contributed by atoms with Crippen molar-refractivity contribution >= 4 is 23.4 Å². The van der Waals surface area contributed by atoms with Crippen LogP contribution in [-0.4, -0.2) is 40.8 Å². The van der Waals surface area contributed by atoms with Gasteiger partial charge >= 0.3 is 5.97 Å². The lowest BCUT2D eigenvalue weighted by atomic mass is 10.3. The van der Waals surface area contributed by atoms with Crippen LogP contribution in [0.3, 0.4) is 0 Å². The molecule has 1 rings (SSSR count). The zero-order valence-electron chi connectivity index (χ0n) is 7.98. The summed E-state index contributed by atoms with van der Waals surface area (Å²) in [5, 5.41) is 11.8. The third kappa shape index (κ3) is 3.34. The number of ether oxygens (including phenoxy) is 1. The number of carbonyl (C=O) groups excluding carboxylic acids is 1. The van der Waals surface area contributed by atoms with E-state index in [4.69, 9.17) is 16.7 Å². The molecule has 82 valence electrons. The Morgan fingerprint density at radius 2 is 2.47 bits per heavy atom. The van der Waals surface area contributed by atoms with Crippen molar-refractivity contribution in [2.24, 2.45) is 0 Å². The SMILES string of the molecule is COC(=O)[C@H](CO)Nc1cc(Cl)ncn1. The normalized spacial score (nSPS) is 11.9. The molecular formula is C8H10ClN3O3. The molecule has 0 unspecified atom stereocenters. The van der Waals surface area contributed by atoms with Gasteiger partial charge in [-0.1, -0.05) is 11.6 Å². The first-order valence-electron chi connectivity index (χ1n) is 4.10. The molecule has 0 radical (unpaired) electrons. The van der Waals surface area contributed by atoms with E-state index in [1.165, 1.54) is 19.5 Å². The van der Waals surface area contributed by atoms with E-state index in [1.807, 2.05) is 0 Å². The Bertz CT molecular complexity index is 348. The molecule has 7 heteroatoms. The van der Waals surface area contributed by atoms with Crippen LogP contribution in [0.15, 0.2) is 12.4 Å². The van der Waals surface area contributed by atoms with Crippen molar-refractivity contribution in [3.63, 3.8) is 0 Å². The summed E-state index contributed by atoms with van der Waals surface area (Å²) in [7, 11) is 1.24. The maximum Gasteiger partial charge on any atom is 0.330 e. The highest BCUT2D eigenvalue weighted by atomic mass is 35.5. The van der Waals surface area contributed by atoms with E-state index in [1.54, 1.807) is 0 Å². The summed E-state index contributed by atoms with van der Waals surface area (Å²) < 4.78 is 4.47. The van der Waals surface area contributed by atoms with Crippen molar-refractivity contribution in [1.29, 1.82) is 0 Å². The predicted octanol–water partition coefficient (Wildman–Crippen LogP) is 0.0758. The number of hydrogen-bond donors (Lipinski definition) is 2. The number of aliphatic hydroxyl groups excluding tert-OH is 1. The minimum absolute atomic E-state index is 0.244. The molecular weight excluding hydrogens is 222 g/mol. The monoisotopic (exact) mass is 231 g/mol. The van der Waals surface area contributed by atoms with Crippen molar-refractivity contribution in [2.45, 2.75) is 6.04 Å². The van der Waals surface area contributed by atoms with Crippen molar-refractivity contribution < 1.29 is 14.6 Å². The zero-order valence-corrected chi connectivity index (χ0v) is 8.73. The Balaban J connectivity index is 2.70. The van der Waals surface area contributed by atoms with Crippen molar-refractivity contribution in [3.8, 4) is 0 Å². The Morgan fingerprint density at radius 3 is 3.00 bits per heavy atom. The lowest BCUT2D eigenvalue weighted by Crippen LogP contribution is -2.34. The summed E-state index contributed by atoms with van der Waals surface area (Å²) in [5.74, 6) is -0.230. The van der Waals surface area contributed by atoms with E-state index in [0.29, 0.717) is 5.82 Å². The van der Waals surface area contributed by atoms with Gasteiger partial charge in [-0.3, -0.25) is 0 Å². The molecule has 15 heavy (non-hydrogen) atoms. The largest absolute Gasteiger partial charge is 0.467 e. The van der Waals surface area contributed by atoms with Gasteiger partial charge in [0.2, 0.25) is 0 Å². The van der Waals surface area contributed by atoms with Gasteiger partial charge in [0.15, 0.2) is 0 Å². The van der Waals surface area contributed by atoms with E-state index < -0.39 is 18.6 Å². The first-order valence-corrected chi connectivity index (χ1v) is 4.48. The predicted molar refractivity (Wildman–Crippen MR) is 53.6 cm³/mol. The van der Waals surface area contributed by atoms with Crippen LogP contribution in [0, 0.1) is 0 Å². The summed E-state index contributed by atoms with van der Waals surface area (Å²) in [6.45, 7) is -0.395. The number of rotatable bonds is 4. The average molecular weight is 232 g/mol. The number of carbonyl (C=O) groups is 1. The van der Waals surface area contributed by atoms with Crippen molar-refractivity contribution in [3.05, 3.63) is 17.5 Å². The molecule has 0 fully saturated rings. The molecule has 0 bridgehead atoms. The van der Waals surface area contributed by atoms with Gasteiger partial charge in [0.25, 0.3) is 0 Å². The van der Waals surface area contributed by atoms with Gasteiger partial charge in [0.1, 0.15) is 23.3 Å². The third-order valence-electron chi connectivity index (χ3n) is 1.62. The van der Waals surface area contributed by atoms with Crippen molar-refractivity contribution in [2.75, 3.05) is 19.0 Å². The highest BCUT2D eigenvalue weighted by molar-refractivity contribution is 6.29. The van der Waals surface area contributed by atoms with Crippen LogP contribution in [0.1, 0.15) is 0 Å². The van der Waals surface area contributed by atoms with E-state index in [-0.39, 0.29) is 5.15 Å². The molecule has 1 heterocycles. The van der Waals surface area contributed by atoms with Crippen molar-refractivity contribution in [1.82, 2.24) is 9.97 Å². The number of nitrogens with one attached hydrogen (secondary N) is 1. The average Bonchev–Trinajstić information content (AvgIpc) is 2.25. The molecule has 1 atom stereocenters. The number of anilines is 1. The van der Waals surface area contributed by atoms with Gasteiger partial charge in [-0.15, -0.1) is 0 Å². The Hall–Kier alpha value is -1.40. The second kappa shape index (κ2) is 5.47. The quantitative estimate of drug-likeness (QED) is 0.564. The summed E-state index contributed by atoms with van der Waals surface area (Å²) in [6.07, 6.45) is 1.25. The molecule has 0 aliphatic heterocycles. The van der Waals surface area contributed by atoms with Crippen LogP contribution in [0.5, 0.6) is 0 Å². The Morgan fingerprint density at radius 1 is 1.73 bits per heavy atom. The van der Waals surface area contributed by atoms with Crippen LogP contribution in [0.25, 0.3) is 0 Å². The molecule has 0 aliphatic carbocycles. The number of aromatic nitrogens is 2. The summed E-state index contributed by atoms with van der Waals surface area (Å²) in [4.78, 5) is 18.6. The second-order valence-corrected chi connectivity index (χ2v) is 3.02. The zero-order chi connectivity index (χ0) is 11.3. The molecule has 1 aromatic rings. The highest BCUT2D eigenvalue weighted by Gasteiger charge is 2.18. The fourth-order valence-electron chi connectivity index (χ4n) is 0.912.